The largest absolute Gasteiger partial charge is 0.497 e. The van der Waals surface area contributed by atoms with E-state index in [-0.39, 0.29) is 37.3 Å². The van der Waals surface area contributed by atoms with Crippen LogP contribution in [0.2, 0.25) is 0 Å². The highest BCUT2D eigenvalue weighted by atomic mass is 35.5. The zero-order valence-electron chi connectivity index (χ0n) is 10.4. The molecule has 1 rings (SSSR count). The maximum absolute atomic E-state index is 13.5. The quantitative estimate of drug-likeness (QED) is 0.856. The first kappa shape index (κ1) is 16.7. The number of hydrogen-bond donors (Lipinski definition) is 2. The summed E-state index contributed by atoms with van der Waals surface area (Å²) in [4.78, 5) is 11.4. The normalized spacial score (nSPS) is 11.3. The summed E-state index contributed by atoms with van der Waals surface area (Å²) in [6.07, 6.45) is 0. The van der Waals surface area contributed by atoms with E-state index in [1.807, 2.05) is 0 Å². The molecule has 1 aromatic carbocycles. The Labute approximate surface area is 112 Å². The molecule has 0 radical (unpaired) electrons. The van der Waals surface area contributed by atoms with Crippen LogP contribution in [-0.4, -0.2) is 19.6 Å². The molecule has 6 heteroatoms. The highest BCUT2D eigenvalue weighted by molar-refractivity contribution is 5.85. The summed E-state index contributed by atoms with van der Waals surface area (Å²) in [6, 6.07) is 4.52. The lowest BCUT2D eigenvalue weighted by atomic mass is 10.1. The lowest BCUT2D eigenvalue weighted by molar-refractivity contribution is -0.124. The third-order valence-electron chi connectivity index (χ3n) is 2.51. The average molecular weight is 277 g/mol. The summed E-state index contributed by atoms with van der Waals surface area (Å²) in [7, 11) is 1.47. The van der Waals surface area contributed by atoms with Crippen molar-refractivity contribution in [3.8, 4) is 5.75 Å². The number of carbonyl (C=O) groups is 1. The average Bonchev–Trinajstić information content (AvgIpc) is 2.35. The molecule has 102 valence electrons. The van der Waals surface area contributed by atoms with Crippen LogP contribution in [0, 0.1) is 11.7 Å². The van der Waals surface area contributed by atoms with Crippen LogP contribution in [0.25, 0.3) is 0 Å². The molecule has 4 nitrogen and oxygen atoms in total. The number of rotatable bonds is 5. The summed E-state index contributed by atoms with van der Waals surface area (Å²) in [5.41, 5.74) is 5.78. The van der Waals surface area contributed by atoms with Gasteiger partial charge in [-0.2, -0.15) is 0 Å². The monoisotopic (exact) mass is 276 g/mol. The minimum atomic E-state index is -0.398. The summed E-state index contributed by atoms with van der Waals surface area (Å²) in [6.45, 7) is 2.15. The molecule has 0 aliphatic rings. The topological polar surface area (TPSA) is 64.3 Å². The van der Waals surface area contributed by atoms with Gasteiger partial charge in [0.15, 0.2) is 0 Å². The van der Waals surface area contributed by atoms with E-state index in [4.69, 9.17) is 10.5 Å². The van der Waals surface area contributed by atoms with Crippen LogP contribution in [0.4, 0.5) is 4.39 Å². The number of carbonyl (C=O) groups excluding carboxylic acids is 1. The number of halogens is 2. The molecule has 0 aromatic heterocycles. The van der Waals surface area contributed by atoms with Crippen molar-refractivity contribution >= 4 is 18.3 Å². The minimum Gasteiger partial charge on any atom is -0.497 e. The molecular weight excluding hydrogens is 259 g/mol. The lowest BCUT2D eigenvalue weighted by Gasteiger charge is -2.10. The molecule has 0 aliphatic carbocycles. The Morgan fingerprint density at radius 2 is 2.22 bits per heavy atom. The van der Waals surface area contributed by atoms with Gasteiger partial charge in [-0.25, -0.2) is 4.39 Å². The first-order valence-corrected chi connectivity index (χ1v) is 5.38. The van der Waals surface area contributed by atoms with Crippen LogP contribution in [0.1, 0.15) is 12.5 Å². The van der Waals surface area contributed by atoms with E-state index in [0.29, 0.717) is 11.3 Å². The molecule has 0 saturated heterocycles. The van der Waals surface area contributed by atoms with Crippen molar-refractivity contribution in [3.05, 3.63) is 29.6 Å². The molecule has 1 atom stereocenters. The molecule has 0 saturated carbocycles. The van der Waals surface area contributed by atoms with Gasteiger partial charge in [0, 0.05) is 30.6 Å². The zero-order valence-corrected chi connectivity index (χ0v) is 11.2. The fourth-order valence-electron chi connectivity index (χ4n) is 1.26. The van der Waals surface area contributed by atoms with E-state index in [1.165, 1.54) is 13.2 Å². The second kappa shape index (κ2) is 7.89. The second-order valence-corrected chi connectivity index (χ2v) is 3.81. The number of nitrogens with one attached hydrogen (secondary N) is 1. The van der Waals surface area contributed by atoms with Gasteiger partial charge in [-0.1, -0.05) is 13.0 Å². The summed E-state index contributed by atoms with van der Waals surface area (Å²) >= 11 is 0. The molecule has 1 aromatic rings. The fourth-order valence-corrected chi connectivity index (χ4v) is 1.26. The fraction of sp³-hybridized carbons (Fsp3) is 0.417. The molecular formula is C12H18ClFN2O2. The van der Waals surface area contributed by atoms with Crippen molar-refractivity contribution in [1.82, 2.24) is 5.32 Å². The SMILES string of the molecule is COc1ccc(CNC(=O)C(C)CN)c(F)c1.Cl. The molecule has 0 aliphatic heterocycles. The molecule has 0 fully saturated rings. The van der Waals surface area contributed by atoms with E-state index < -0.39 is 5.82 Å². The van der Waals surface area contributed by atoms with Crippen LogP contribution in [0.15, 0.2) is 18.2 Å². The van der Waals surface area contributed by atoms with E-state index >= 15 is 0 Å². The maximum Gasteiger partial charge on any atom is 0.224 e. The molecule has 0 heterocycles. The molecule has 0 spiro atoms. The molecule has 18 heavy (non-hydrogen) atoms. The van der Waals surface area contributed by atoms with Gasteiger partial charge in [0.05, 0.1) is 7.11 Å². The third kappa shape index (κ3) is 4.50. The lowest BCUT2D eigenvalue weighted by Crippen LogP contribution is -2.32. The smallest absolute Gasteiger partial charge is 0.224 e. The Kier molecular flexibility index (Phi) is 7.31. The first-order valence-electron chi connectivity index (χ1n) is 5.38. The predicted molar refractivity (Wildman–Crippen MR) is 70.3 cm³/mol. The van der Waals surface area contributed by atoms with Crippen LogP contribution >= 0.6 is 12.4 Å². The highest BCUT2D eigenvalue weighted by Crippen LogP contribution is 2.16. The second-order valence-electron chi connectivity index (χ2n) is 3.81. The molecule has 0 bridgehead atoms. The first-order chi connectivity index (χ1) is 8.08. The summed E-state index contributed by atoms with van der Waals surface area (Å²) < 4.78 is 18.4. The van der Waals surface area contributed by atoms with Crippen molar-refractivity contribution in [2.45, 2.75) is 13.5 Å². The number of methoxy groups -OCH3 is 1. The van der Waals surface area contributed by atoms with Gasteiger partial charge in [-0.3, -0.25) is 4.79 Å². The third-order valence-corrected chi connectivity index (χ3v) is 2.51. The van der Waals surface area contributed by atoms with Crippen molar-refractivity contribution in [1.29, 1.82) is 0 Å². The van der Waals surface area contributed by atoms with Crippen LogP contribution < -0.4 is 15.8 Å². The van der Waals surface area contributed by atoms with Gasteiger partial charge in [0.25, 0.3) is 0 Å². The van der Waals surface area contributed by atoms with E-state index in [9.17, 15) is 9.18 Å². The van der Waals surface area contributed by atoms with Gasteiger partial charge in [0.1, 0.15) is 11.6 Å². The van der Waals surface area contributed by atoms with Gasteiger partial charge < -0.3 is 15.8 Å². The summed E-state index contributed by atoms with van der Waals surface area (Å²) in [5, 5.41) is 2.63. The predicted octanol–water partition coefficient (Wildman–Crippen LogP) is 1.47. The van der Waals surface area contributed by atoms with Crippen LogP contribution in [0.5, 0.6) is 5.75 Å². The minimum absolute atomic E-state index is 0. The van der Waals surface area contributed by atoms with Crippen LogP contribution in [-0.2, 0) is 11.3 Å². The van der Waals surface area contributed by atoms with Crippen molar-refractivity contribution in [2.75, 3.05) is 13.7 Å². The number of benzene rings is 1. The summed E-state index contributed by atoms with van der Waals surface area (Å²) in [5.74, 6) is -0.392. The Morgan fingerprint density at radius 1 is 1.56 bits per heavy atom. The Bertz CT molecular complexity index is 402. The number of hydrogen-bond acceptors (Lipinski definition) is 3. The number of nitrogens with two attached hydrogens (primary N) is 1. The van der Waals surface area contributed by atoms with Gasteiger partial charge in [-0.15, -0.1) is 12.4 Å². The van der Waals surface area contributed by atoms with Gasteiger partial charge in [0.2, 0.25) is 5.91 Å². The number of amides is 1. The Morgan fingerprint density at radius 3 is 2.72 bits per heavy atom. The molecule has 1 amide bonds. The standard InChI is InChI=1S/C12H17FN2O2.ClH/c1-8(6-14)12(16)15-7-9-3-4-10(17-2)5-11(9)13;/h3-5,8H,6-7,14H2,1-2H3,(H,15,16);1H. The number of ether oxygens (including phenoxy) is 1. The van der Waals surface area contributed by atoms with E-state index in [2.05, 4.69) is 5.32 Å². The zero-order chi connectivity index (χ0) is 12.8. The van der Waals surface area contributed by atoms with Gasteiger partial charge >= 0.3 is 0 Å². The van der Waals surface area contributed by atoms with E-state index in [1.54, 1.807) is 19.1 Å². The Balaban J connectivity index is 0.00000289. The van der Waals surface area contributed by atoms with Crippen molar-refractivity contribution in [2.24, 2.45) is 11.7 Å². The van der Waals surface area contributed by atoms with Crippen LogP contribution in [0.3, 0.4) is 0 Å². The molecule has 1 unspecified atom stereocenters. The maximum atomic E-state index is 13.5. The Hall–Kier alpha value is -1.33. The highest BCUT2D eigenvalue weighted by Gasteiger charge is 2.11. The van der Waals surface area contributed by atoms with Crippen molar-refractivity contribution in [3.63, 3.8) is 0 Å². The van der Waals surface area contributed by atoms with Gasteiger partial charge in [-0.05, 0) is 6.07 Å². The molecule has 3 N–H and O–H groups in total. The van der Waals surface area contributed by atoms with Crippen molar-refractivity contribution < 1.29 is 13.9 Å². The van der Waals surface area contributed by atoms with E-state index in [0.717, 1.165) is 0 Å².